The Bertz CT molecular complexity index is 573. The number of rotatable bonds is 3. The van der Waals surface area contributed by atoms with Crippen LogP contribution in [-0.2, 0) is 0 Å². The van der Waals surface area contributed by atoms with E-state index in [4.69, 9.17) is 0 Å². The maximum Gasteiger partial charge on any atom is 0.126 e. The van der Waals surface area contributed by atoms with Crippen LogP contribution in [-0.4, -0.2) is 7.05 Å². The van der Waals surface area contributed by atoms with Crippen LogP contribution in [0.25, 0.3) is 0 Å². The molecule has 0 amide bonds. The van der Waals surface area contributed by atoms with Crippen LogP contribution in [0.15, 0.2) is 36.4 Å². The zero-order valence-corrected chi connectivity index (χ0v) is 11.3. The Kier molecular flexibility index (Phi) is 3.96. The van der Waals surface area contributed by atoms with Gasteiger partial charge in [-0.15, -0.1) is 0 Å². The summed E-state index contributed by atoms with van der Waals surface area (Å²) in [4.78, 5) is 0. The molecule has 2 aromatic rings. The Morgan fingerprint density at radius 1 is 0.842 bits per heavy atom. The molecule has 0 aliphatic carbocycles. The molecule has 0 aromatic heterocycles. The van der Waals surface area contributed by atoms with E-state index in [9.17, 15) is 8.78 Å². The fourth-order valence-electron chi connectivity index (χ4n) is 2.21. The van der Waals surface area contributed by atoms with Crippen molar-refractivity contribution in [3.8, 4) is 0 Å². The molecule has 0 aliphatic rings. The molecule has 0 saturated carbocycles. The van der Waals surface area contributed by atoms with Crippen LogP contribution in [0.4, 0.5) is 8.78 Å². The van der Waals surface area contributed by atoms with Gasteiger partial charge >= 0.3 is 0 Å². The highest BCUT2D eigenvalue weighted by Gasteiger charge is 2.14. The third-order valence-electron chi connectivity index (χ3n) is 3.37. The van der Waals surface area contributed by atoms with Crippen LogP contribution in [0.5, 0.6) is 0 Å². The molecule has 19 heavy (non-hydrogen) atoms. The molecule has 0 radical (unpaired) electrons. The molecule has 2 aromatic carbocycles. The van der Waals surface area contributed by atoms with Gasteiger partial charge < -0.3 is 5.32 Å². The fourth-order valence-corrected chi connectivity index (χ4v) is 2.21. The fraction of sp³-hybridized carbons (Fsp3) is 0.250. The number of nitrogens with one attached hydrogen (secondary N) is 1. The van der Waals surface area contributed by atoms with E-state index in [1.165, 1.54) is 17.7 Å². The summed E-state index contributed by atoms with van der Waals surface area (Å²) in [7, 11) is 1.78. The van der Waals surface area contributed by atoms with Crippen molar-refractivity contribution in [1.82, 2.24) is 5.32 Å². The maximum absolute atomic E-state index is 13.3. The second-order valence-corrected chi connectivity index (χ2v) is 4.77. The number of aryl methyl sites for hydroxylation is 2. The lowest BCUT2D eigenvalue weighted by atomic mass is 9.95. The van der Waals surface area contributed by atoms with Gasteiger partial charge in [0.25, 0.3) is 0 Å². The molecule has 0 saturated heterocycles. The van der Waals surface area contributed by atoms with Crippen molar-refractivity contribution >= 4 is 0 Å². The molecule has 0 aliphatic heterocycles. The monoisotopic (exact) mass is 261 g/mol. The number of benzene rings is 2. The molecule has 1 atom stereocenters. The molecule has 100 valence electrons. The van der Waals surface area contributed by atoms with Gasteiger partial charge in [0.2, 0.25) is 0 Å². The van der Waals surface area contributed by atoms with Crippen molar-refractivity contribution in [2.75, 3.05) is 7.05 Å². The topological polar surface area (TPSA) is 12.0 Å². The zero-order chi connectivity index (χ0) is 14.0. The SMILES string of the molecule is CNC(c1cc(F)cc(F)c1)c1ccc(C)c(C)c1. The van der Waals surface area contributed by atoms with Crippen molar-refractivity contribution in [3.05, 3.63) is 70.3 Å². The molecular formula is C16H17F2N. The summed E-state index contributed by atoms with van der Waals surface area (Å²) in [6.07, 6.45) is 0. The van der Waals surface area contributed by atoms with E-state index in [0.717, 1.165) is 17.2 Å². The van der Waals surface area contributed by atoms with Crippen LogP contribution in [0, 0.1) is 25.5 Å². The summed E-state index contributed by atoms with van der Waals surface area (Å²) in [5, 5.41) is 3.10. The first-order valence-electron chi connectivity index (χ1n) is 6.21. The first-order valence-corrected chi connectivity index (χ1v) is 6.21. The maximum atomic E-state index is 13.3. The van der Waals surface area contributed by atoms with Gasteiger partial charge in [0.05, 0.1) is 6.04 Å². The molecule has 1 N–H and O–H groups in total. The van der Waals surface area contributed by atoms with E-state index in [-0.39, 0.29) is 6.04 Å². The summed E-state index contributed by atoms with van der Waals surface area (Å²) in [5.74, 6) is -1.11. The molecule has 0 spiro atoms. The predicted octanol–water partition coefficient (Wildman–Crippen LogP) is 3.89. The van der Waals surface area contributed by atoms with E-state index in [0.29, 0.717) is 5.56 Å². The van der Waals surface area contributed by atoms with Crippen molar-refractivity contribution in [2.24, 2.45) is 0 Å². The second-order valence-electron chi connectivity index (χ2n) is 4.77. The lowest BCUT2D eigenvalue weighted by Crippen LogP contribution is -2.18. The van der Waals surface area contributed by atoms with Gasteiger partial charge in [-0.3, -0.25) is 0 Å². The average molecular weight is 261 g/mol. The van der Waals surface area contributed by atoms with Gasteiger partial charge in [-0.05, 0) is 55.3 Å². The smallest absolute Gasteiger partial charge is 0.126 e. The lowest BCUT2D eigenvalue weighted by molar-refractivity contribution is 0.571. The predicted molar refractivity (Wildman–Crippen MR) is 73.2 cm³/mol. The average Bonchev–Trinajstić information content (AvgIpc) is 2.33. The van der Waals surface area contributed by atoms with Crippen molar-refractivity contribution < 1.29 is 8.78 Å². The van der Waals surface area contributed by atoms with Crippen molar-refractivity contribution in [3.63, 3.8) is 0 Å². The standard InChI is InChI=1S/C16H17F2N/c1-10-4-5-12(6-11(10)2)16(19-3)13-7-14(17)9-15(18)8-13/h4-9,16,19H,1-3H3. The van der Waals surface area contributed by atoms with E-state index in [2.05, 4.69) is 5.32 Å². The Hall–Kier alpha value is -1.74. The van der Waals surface area contributed by atoms with Crippen LogP contribution in [0.1, 0.15) is 28.3 Å². The van der Waals surface area contributed by atoms with Crippen LogP contribution in [0.3, 0.4) is 0 Å². The van der Waals surface area contributed by atoms with Crippen molar-refractivity contribution in [2.45, 2.75) is 19.9 Å². The van der Waals surface area contributed by atoms with E-state index < -0.39 is 11.6 Å². The number of halogens is 2. The molecule has 2 rings (SSSR count). The van der Waals surface area contributed by atoms with E-state index >= 15 is 0 Å². The highest BCUT2D eigenvalue weighted by molar-refractivity contribution is 5.37. The van der Waals surface area contributed by atoms with Crippen LogP contribution < -0.4 is 5.32 Å². The van der Waals surface area contributed by atoms with Gasteiger partial charge in [-0.25, -0.2) is 8.78 Å². The molecule has 1 unspecified atom stereocenters. The molecule has 3 heteroatoms. The van der Waals surface area contributed by atoms with Gasteiger partial charge in [-0.2, -0.15) is 0 Å². The molecule has 0 bridgehead atoms. The molecular weight excluding hydrogens is 244 g/mol. The quantitative estimate of drug-likeness (QED) is 0.883. The van der Waals surface area contributed by atoms with Gasteiger partial charge in [-0.1, -0.05) is 18.2 Å². The summed E-state index contributed by atoms with van der Waals surface area (Å²) < 4.78 is 26.6. The highest BCUT2D eigenvalue weighted by Crippen LogP contribution is 2.25. The third-order valence-corrected chi connectivity index (χ3v) is 3.37. The first kappa shape index (κ1) is 13.7. The summed E-state index contributed by atoms with van der Waals surface area (Å²) in [5.41, 5.74) is 3.94. The zero-order valence-electron chi connectivity index (χ0n) is 11.3. The molecule has 0 fully saturated rings. The van der Waals surface area contributed by atoms with Gasteiger partial charge in [0.1, 0.15) is 11.6 Å². The minimum absolute atomic E-state index is 0.218. The third kappa shape index (κ3) is 2.99. The van der Waals surface area contributed by atoms with Crippen LogP contribution in [0.2, 0.25) is 0 Å². The highest BCUT2D eigenvalue weighted by atomic mass is 19.1. The summed E-state index contributed by atoms with van der Waals surface area (Å²) >= 11 is 0. The minimum Gasteiger partial charge on any atom is -0.309 e. The summed E-state index contributed by atoms with van der Waals surface area (Å²) in [6, 6.07) is 9.43. The van der Waals surface area contributed by atoms with Crippen LogP contribution >= 0.6 is 0 Å². The second kappa shape index (κ2) is 5.49. The van der Waals surface area contributed by atoms with Gasteiger partial charge in [0.15, 0.2) is 0 Å². The number of hydrogen-bond acceptors (Lipinski definition) is 1. The molecule has 0 heterocycles. The largest absolute Gasteiger partial charge is 0.309 e. The Morgan fingerprint density at radius 2 is 1.47 bits per heavy atom. The minimum atomic E-state index is -0.556. The first-order chi connectivity index (χ1) is 9.01. The van der Waals surface area contributed by atoms with E-state index in [1.54, 1.807) is 7.05 Å². The Labute approximate surface area is 112 Å². The Balaban J connectivity index is 2.46. The molecule has 1 nitrogen and oxygen atoms in total. The van der Waals surface area contributed by atoms with Crippen molar-refractivity contribution in [1.29, 1.82) is 0 Å². The summed E-state index contributed by atoms with van der Waals surface area (Å²) in [6.45, 7) is 4.06. The van der Waals surface area contributed by atoms with Gasteiger partial charge in [0, 0.05) is 6.07 Å². The Morgan fingerprint density at radius 3 is 2.00 bits per heavy atom. The van der Waals surface area contributed by atoms with E-state index in [1.807, 2.05) is 32.0 Å². The number of hydrogen-bond donors (Lipinski definition) is 1. The normalized spacial score (nSPS) is 12.5. The lowest BCUT2D eigenvalue weighted by Gasteiger charge is -2.18.